The highest BCUT2D eigenvalue weighted by Gasteiger charge is 2.24. The van der Waals surface area contributed by atoms with E-state index in [1.165, 1.54) is 25.7 Å². The van der Waals surface area contributed by atoms with Crippen molar-refractivity contribution in [3.8, 4) is 0 Å². The van der Waals surface area contributed by atoms with Crippen LogP contribution >= 0.6 is 0 Å². The van der Waals surface area contributed by atoms with Gasteiger partial charge in [0.2, 0.25) is 0 Å². The fraction of sp³-hybridized carbons (Fsp3) is 1.00. The van der Waals surface area contributed by atoms with Crippen LogP contribution in [0.25, 0.3) is 0 Å². The first-order valence-corrected chi connectivity index (χ1v) is 6.96. The Morgan fingerprint density at radius 2 is 1.76 bits per heavy atom. The van der Waals surface area contributed by atoms with E-state index < -0.39 is 0 Å². The summed E-state index contributed by atoms with van der Waals surface area (Å²) in [5.74, 6) is 0.692. The van der Waals surface area contributed by atoms with Crippen molar-refractivity contribution in [1.82, 2.24) is 10.2 Å². The van der Waals surface area contributed by atoms with Crippen LogP contribution in [0.1, 0.15) is 39.5 Å². The smallest absolute Gasteiger partial charge is 0.0572 e. The highest BCUT2D eigenvalue weighted by Crippen LogP contribution is 2.21. The van der Waals surface area contributed by atoms with Gasteiger partial charge in [-0.2, -0.15) is 0 Å². The number of nitrogens with zero attached hydrogens (tertiary/aromatic N) is 1. The Hall–Kier alpha value is -0.120. The number of hydrogen-bond acceptors (Lipinski definition) is 3. The molecule has 0 amide bonds. The summed E-state index contributed by atoms with van der Waals surface area (Å²) >= 11 is 0. The van der Waals surface area contributed by atoms with E-state index in [9.17, 15) is 0 Å². The van der Waals surface area contributed by atoms with Crippen LogP contribution in [0.2, 0.25) is 0 Å². The van der Waals surface area contributed by atoms with E-state index in [4.69, 9.17) is 4.74 Å². The molecule has 1 aliphatic rings. The van der Waals surface area contributed by atoms with Gasteiger partial charge in [0.25, 0.3) is 0 Å². The molecule has 3 nitrogen and oxygen atoms in total. The van der Waals surface area contributed by atoms with Gasteiger partial charge < -0.3 is 15.0 Å². The van der Waals surface area contributed by atoms with Crippen LogP contribution in [-0.2, 0) is 4.74 Å². The molecular formula is C14H30N2O. The molecule has 1 aliphatic carbocycles. The molecule has 0 aromatic carbocycles. The predicted octanol–water partition coefficient (Wildman–Crippen LogP) is 2.12. The molecule has 0 saturated heterocycles. The molecule has 1 atom stereocenters. The third-order valence-electron chi connectivity index (χ3n) is 3.82. The molecule has 102 valence electrons. The van der Waals surface area contributed by atoms with E-state index in [0.717, 1.165) is 6.54 Å². The van der Waals surface area contributed by atoms with Gasteiger partial charge in [0, 0.05) is 25.7 Å². The molecule has 3 heteroatoms. The average molecular weight is 242 g/mol. The minimum absolute atomic E-state index is 0.499. The van der Waals surface area contributed by atoms with E-state index >= 15 is 0 Å². The number of hydrogen-bond donors (Lipinski definition) is 1. The van der Waals surface area contributed by atoms with Crippen LogP contribution in [0, 0.1) is 5.92 Å². The van der Waals surface area contributed by atoms with Gasteiger partial charge in [-0.1, -0.05) is 13.8 Å². The quantitative estimate of drug-likeness (QED) is 0.772. The first-order valence-electron chi connectivity index (χ1n) is 6.96. The Labute approximate surface area is 107 Å². The molecule has 0 aromatic heterocycles. The largest absolute Gasteiger partial charge is 0.381 e. The summed E-state index contributed by atoms with van der Waals surface area (Å²) in [7, 11) is 6.14. The van der Waals surface area contributed by atoms with Crippen molar-refractivity contribution in [2.24, 2.45) is 5.92 Å². The van der Waals surface area contributed by atoms with Crippen molar-refractivity contribution in [3.63, 3.8) is 0 Å². The SMILES string of the molecule is COC1CCC(NC(CN(C)C)C(C)C)CC1. The topological polar surface area (TPSA) is 24.5 Å². The van der Waals surface area contributed by atoms with Crippen molar-refractivity contribution < 1.29 is 4.74 Å². The van der Waals surface area contributed by atoms with Crippen molar-refractivity contribution in [2.75, 3.05) is 27.7 Å². The zero-order chi connectivity index (χ0) is 12.8. The van der Waals surface area contributed by atoms with Crippen LogP contribution in [-0.4, -0.2) is 50.8 Å². The van der Waals surface area contributed by atoms with E-state index in [1.54, 1.807) is 0 Å². The van der Waals surface area contributed by atoms with Crippen molar-refractivity contribution in [3.05, 3.63) is 0 Å². The van der Waals surface area contributed by atoms with Crippen molar-refractivity contribution in [1.29, 1.82) is 0 Å². The fourth-order valence-corrected chi connectivity index (χ4v) is 2.62. The first-order chi connectivity index (χ1) is 8.02. The predicted molar refractivity (Wildman–Crippen MR) is 73.4 cm³/mol. The molecule has 1 N–H and O–H groups in total. The van der Waals surface area contributed by atoms with Crippen LogP contribution < -0.4 is 5.32 Å². The van der Waals surface area contributed by atoms with Gasteiger partial charge in [0.05, 0.1) is 6.10 Å². The maximum Gasteiger partial charge on any atom is 0.0572 e. The Kier molecular flexibility index (Phi) is 6.45. The molecule has 0 aliphatic heterocycles. The fourth-order valence-electron chi connectivity index (χ4n) is 2.62. The summed E-state index contributed by atoms with van der Waals surface area (Å²) in [4.78, 5) is 2.28. The van der Waals surface area contributed by atoms with Gasteiger partial charge in [-0.25, -0.2) is 0 Å². The molecule has 17 heavy (non-hydrogen) atoms. The molecule has 0 aromatic rings. The van der Waals surface area contributed by atoms with Crippen molar-refractivity contribution in [2.45, 2.75) is 57.7 Å². The van der Waals surface area contributed by atoms with E-state index in [1.807, 2.05) is 7.11 Å². The lowest BCUT2D eigenvalue weighted by molar-refractivity contribution is 0.0595. The second kappa shape index (κ2) is 7.34. The Bertz CT molecular complexity index is 198. The normalized spacial score (nSPS) is 27.7. The maximum atomic E-state index is 5.42. The third-order valence-corrected chi connectivity index (χ3v) is 3.82. The highest BCUT2D eigenvalue weighted by molar-refractivity contribution is 4.83. The average Bonchev–Trinajstić information content (AvgIpc) is 2.28. The zero-order valence-corrected chi connectivity index (χ0v) is 12.2. The molecule has 0 spiro atoms. The second-order valence-corrected chi connectivity index (χ2v) is 5.99. The molecule has 1 saturated carbocycles. The van der Waals surface area contributed by atoms with Gasteiger partial charge in [-0.3, -0.25) is 0 Å². The molecule has 0 bridgehead atoms. The first kappa shape index (κ1) is 14.9. The summed E-state index contributed by atoms with van der Waals surface area (Å²) < 4.78 is 5.42. The van der Waals surface area contributed by atoms with E-state index in [-0.39, 0.29) is 0 Å². The Morgan fingerprint density at radius 1 is 1.18 bits per heavy atom. The Balaban J connectivity index is 2.35. The lowest BCUT2D eigenvalue weighted by atomic mass is 9.91. The lowest BCUT2D eigenvalue weighted by Gasteiger charge is -2.34. The molecule has 1 rings (SSSR count). The second-order valence-electron chi connectivity index (χ2n) is 5.99. The number of methoxy groups -OCH3 is 1. The molecule has 0 radical (unpaired) electrons. The molecular weight excluding hydrogens is 212 g/mol. The summed E-state index contributed by atoms with van der Waals surface area (Å²) in [5.41, 5.74) is 0. The summed E-state index contributed by atoms with van der Waals surface area (Å²) in [6.07, 6.45) is 5.44. The van der Waals surface area contributed by atoms with E-state index in [2.05, 4.69) is 38.2 Å². The molecule has 1 fully saturated rings. The summed E-state index contributed by atoms with van der Waals surface area (Å²) in [5, 5.41) is 3.83. The molecule has 0 heterocycles. The minimum atomic E-state index is 0.499. The number of ether oxygens (including phenoxy) is 1. The van der Waals surface area contributed by atoms with Crippen molar-refractivity contribution >= 4 is 0 Å². The van der Waals surface area contributed by atoms with E-state index in [0.29, 0.717) is 24.1 Å². The minimum Gasteiger partial charge on any atom is -0.381 e. The molecule has 1 unspecified atom stereocenters. The van der Waals surface area contributed by atoms with Crippen LogP contribution in [0.3, 0.4) is 0 Å². The van der Waals surface area contributed by atoms with Gasteiger partial charge >= 0.3 is 0 Å². The van der Waals surface area contributed by atoms with Gasteiger partial charge in [-0.15, -0.1) is 0 Å². The highest BCUT2D eigenvalue weighted by atomic mass is 16.5. The van der Waals surface area contributed by atoms with Crippen LogP contribution in [0.4, 0.5) is 0 Å². The van der Waals surface area contributed by atoms with Gasteiger partial charge in [-0.05, 0) is 45.7 Å². The third kappa shape index (κ3) is 5.36. The van der Waals surface area contributed by atoms with Gasteiger partial charge in [0.15, 0.2) is 0 Å². The summed E-state index contributed by atoms with van der Waals surface area (Å²) in [6, 6.07) is 1.29. The monoisotopic (exact) mass is 242 g/mol. The lowest BCUT2D eigenvalue weighted by Crippen LogP contribution is -2.48. The standard InChI is InChI=1S/C14H30N2O/c1-11(2)14(10-16(3)4)15-12-6-8-13(17-5)9-7-12/h11-15H,6-10H2,1-5H3. The van der Waals surface area contributed by atoms with Gasteiger partial charge in [0.1, 0.15) is 0 Å². The number of nitrogens with one attached hydrogen (secondary N) is 1. The van der Waals surface area contributed by atoms with Crippen LogP contribution in [0.15, 0.2) is 0 Å². The Morgan fingerprint density at radius 3 is 2.18 bits per heavy atom. The van der Waals surface area contributed by atoms with Crippen LogP contribution in [0.5, 0.6) is 0 Å². The summed E-state index contributed by atoms with van der Waals surface area (Å²) in [6.45, 7) is 5.74. The number of rotatable bonds is 6. The number of likely N-dealkylation sites (N-methyl/N-ethyl adjacent to an activating group) is 1. The maximum absolute atomic E-state index is 5.42. The zero-order valence-electron chi connectivity index (χ0n) is 12.2.